The van der Waals surface area contributed by atoms with Gasteiger partial charge in [-0.05, 0) is 50.3 Å². The van der Waals surface area contributed by atoms with Crippen LogP contribution in [-0.4, -0.2) is 23.7 Å². The number of thioether (sulfide) groups is 1. The topological polar surface area (TPSA) is 55.1 Å². The average Bonchev–Trinajstić information content (AvgIpc) is 2.33. The van der Waals surface area contributed by atoms with Gasteiger partial charge in [-0.15, -0.1) is 24.2 Å². The molecule has 0 aliphatic rings. The van der Waals surface area contributed by atoms with Gasteiger partial charge >= 0.3 is 0 Å². The summed E-state index contributed by atoms with van der Waals surface area (Å²) in [6.45, 7) is 4.32. The van der Waals surface area contributed by atoms with Crippen LogP contribution in [-0.2, 0) is 4.79 Å². The van der Waals surface area contributed by atoms with E-state index in [9.17, 15) is 4.79 Å². The monoisotopic (exact) mass is 380 g/mol. The fourth-order valence-electron chi connectivity index (χ4n) is 1.37. The van der Waals surface area contributed by atoms with Crippen molar-refractivity contribution < 1.29 is 4.79 Å². The van der Waals surface area contributed by atoms with Gasteiger partial charge < -0.3 is 11.1 Å². The van der Waals surface area contributed by atoms with Crippen LogP contribution in [0.25, 0.3) is 0 Å². The molecule has 1 amide bonds. The molecule has 0 unspecified atom stereocenters. The molecule has 114 valence electrons. The SMILES string of the molecule is CC(C)(N)CNC(=O)CCCSc1ccc(Br)cc1.Cl. The second-order valence-electron chi connectivity index (χ2n) is 5.17. The van der Waals surface area contributed by atoms with Gasteiger partial charge in [0, 0.05) is 27.9 Å². The van der Waals surface area contributed by atoms with Gasteiger partial charge in [0.15, 0.2) is 0 Å². The van der Waals surface area contributed by atoms with Crippen LogP contribution < -0.4 is 11.1 Å². The molecule has 3 N–H and O–H groups in total. The number of rotatable bonds is 7. The van der Waals surface area contributed by atoms with Crippen LogP contribution in [0.4, 0.5) is 0 Å². The molecule has 0 aliphatic carbocycles. The Bertz CT molecular complexity index is 407. The van der Waals surface area contributed by atoms with E-state index < -0.39 is 0 Å². The summed E-state index contributed by atoms with van der Waals surface area (Å²) in [5.41, 5.74) is 5.46. The second-order valence-corrected chi connectivity index (χ2v) is 7.26. The van der Waals surface area contributed by atoms with E-state index >= 15 is 0 Å². The van der Waals surface area contributed by atoms with Gasteiger partial charge in [0.25, 0.3) is 0 Å². The average molecular weight is 382 g/mol. The molecule has 0 bridgehead atoms. The van der Waals surface area contributed by atoms with Crippen molar-refractivity contribution in [3.63, 3.8) is 0 Å². The molecular formula is C14H22BrClN2OS. The van der Waals surface area contributed by atoms with E-state index in [2.05, 4.69) is 33.4 Å². The molecule has 0 atom stereocenters. The predicted octanol–water partition coefficient (Wildman–Crippen LogP) is 3.60. The van der Waals surface area contributed by atoms with Gasteiger partial charge in [0.2, 0.25) is 5.91 Å². The summed E-state index contributed by atoms with van der Waals surface area (Å²) >= 11 is 5.18. The Balaban J connectivity index is 0.00000361. The van der Waals surface area contributed by atoms with E-state index in [0.29, 0.717) is 13.0 Å². The fraction of sp³-hybridized carbons (Fsp3) is 0.500. The lowest BCUT2D eigenvalue weighted by Crippen LogP contribution is -2.45. The summed E-state index contributed by atoms with van der Waals surface area (Å²) in [6, 6.07) is 8.20. The molecule has 0 saturated heterocycles. The molecule has 3 nitrogen and oxygen atoms in total. The van der Waals surface area contributed by atoms with Crippen molar-refractivity contribution in [1.82, 2.24) is 5.32 Å². The highest BCUT2D eigenvalue weighted by Crippen LogP contribution is 2.21. The minimum Gasteiger partial charge on any atom is -0.354 e. The second kappa shape index (κ2) is 9.66. The molecule has 6 heteroatoms. The first kappa shape index (κ1) is 19.8. The third-order valence-electron chi connectivity index (χ3n) is 2.37. The van der Waals surface area contributed by atoms with Crippen LogP contribution >= 0.6 is 40.1 Å². The molecule has 0 spiro atoms. The fourth-order valence-corrected chi connectivity index (χ4v) is 2.49. The zero-order valence-corrected chi connectivity index (χ0v) is 15.0. The van der Waals surface area contributed by atoms with Crippen LogP contribution in [0, 0.1) is 0 Å². The number of amides is 1. The van der Waals surface area contributed by atoms with Gasteiger partial charge in [-0.3, -0.25) is 4.79 Å². The Morgan fingerprint density at radius 2 is 1.95 bits per heavy atom. The molecule has 1 aromatic rings. The smallest absolute Gasteiger partial charge is 0.220 e. The molecular weight excluding hydrogens is 360 g/mol. The predicted molar refractivity (Wildman–Crippen MR) is 92.6 cm³/mol. The number of hydrogen-bond acceptors (Lipinski definition) is 3. The van der Waals surface area contributed by atoms with Crippen molar-refractivity contribution in [2.45, 2.75) is 37.1 Å². The summed E-state index contributed by atoms with van der Waals surface area (Å²) in [4.78, 5) is 12.8. The van der Waals surface area contributed by atoms with Gasteiger partial charge in [-0.25, -0.2) is 0 Å². The number of nitrogens with two attached hydrogens (primary N) is 1. The molecule has 0 fully saturated rings. The van der Waals surface area contributed by atoms with Crippen molar-refractivity contribution >= 4 is 46.0 Å². The number of carbonyl (C=O) groups is 1. The van der Waals surface area contributed by atoms with Crippen LogP contribution in [0.1, 0.15) is 26.7 Å². The number of benzene rings is 1. The van der Waals surface area contributed by atoms with Crippen LogP contribution in [0.2, 0.25) is 0 Å². The van der Waals surface area contributed by atoms with E-state index in [1.54, 1.807) is 11.8 Å². The van der Waals surface area contributed by atoms with Crippen molar-refractivity contribution in [2.24, 2.45) is 5.73 Å². The lowest BCUT2D eigenvalue weighted by Gasteiger charge is -2.18. The van der Waals surface area contributed by atoms with Gasteiger partial charge in [-0.2, -0.15) is 0 Å². The Morgan fingerprint density at radius 3 is 2.50 bits per heavy atom. The molecule has 0 aromatic heterocycles. The zero-order chi connectivity index (χ0) is 14.3. The maximum Gasteiger partial charge on any atom is 0.220 e. The normalized spacial score (nSPS) is 10.8. The Hall–Kier alpha value is -0.230. The minimum atomic E-state index is -0.345. The largest absolute Gasteiger partial charge is 0.354 e. The first-order valence-electron chi connectivity index (χ1n) is 6.31. The van der Waals surface area contributed by atoms with Crippen LogP contribution in [0.15, 0.2) is 33.6 Å². The molecule has 20 heavy (non-hydrogen) atoms. The minimum absolute atomic E-state index is 0. The molecule has 0 radical (unpaired) electrons. The van der Waals surface area contributed by atoms with E-state index in [4.69, 9.17) is 5.73 Å². The van der Waals surface area contributed by atoms with E-state index in [1.807, 2.05) is 26.0 Å². The molecule has 1 rings (SSSR count). The quantitative estimate of drug-likeness (QED) is 0.560. The molecule has 0 saturated carbocycles. The number of nitrogens with one attached hydrogen (secondary N) is 1. The van der Waals surface area contributed by atoms with Crippen molar-refractivity contribution in [2.75, 3.05) is 12.3 Å². The lowest BCUT2D eigenvalue weighted by atomic mass is 10.1. The Morgan fingerprint density at radius 1 is 1.35 bits per heavy atom. The van der Waals surface area contributed by atoms with Gasteiger partial charge in [0.1, 0.15) is 0 Å². The highest BCUT2D eigenvalue weighted by atomic mass is 79.9. The highest BCUT2D eigenvalue weighted by Gasteiger charge is 2.11. The van der Waals surface area contributed by atoms with Gasteiger partial charge in [-0.1, -0.05) is 15.9 Å². The standard InChI is InChI=1S/C14H21BrN2OS.ClH/c1-14(2,16)10-17-13(18)4-3-9-19-12-7-5-11(15)6-8-12;/h5-8H,3-4,9-10,16H2,1-2H3,(H,17,18);1H. The van der Waals surface area contributed by atoms with E-state index in [-0.39, 0.29) is 23.9 Å². The summed E-state index contributed by atoms with van der Waals surface area (Å²) in [7, 11) is 0. The maximum absolute atomic E-state index is 11.6. The highest BCUT2D eigenvalue weighted by molar-refractivity contribution is 9.10. The molecule has 1 aromatic carbocycles. The number of halogens is 2. The van der Waals surface area contributed by atoms with Crippen molar-refractivity contribution in [3.05, 3.63) is 28.7 Å². The summed E-state index contributed by atoms with van der Waals surface area (Å²) in [5.74, 6) is 1.02. The summed E-state index contributed by atoms with van der Waals surface area (Å²) < 4.78 is 1.08. The third-order valence-corrected chi connectivity index (χ3v) is 4.00. The van der Waals surface area contributed by atoms with E-state index in [0.717, 1.165) is 16.6 Å². The van der Waals surface area contributed by atoms with Crippen LogP contribution in [0.3, 0.4) is 0 Å². The lowest BCUT2D eigenvalue weighted by molar-refractivity contribution is -0.121. The number of carbonyl (C=O) groups excluding carboxylic acids is 1. The summed E-state index contributed by atoms with van der Waals surface area (Å²) in [6.07, 6.45) is 1.43. The Labute approximate surface area is 140 Å². The van der Waals surface area contributed by atoms with Gasteiger partial charge in [0.05, 0.1) is 0 Å². The van der Waals surface area contributed by atoms with Crippen LogP contribution in [0.5, 0.6) is 0 Å². The van der Waals surface area contributed by atoms with Crippen molar-refractivity contribution in [3.8, 4) is 0 Å². The maximum atomic E-state index is 11.6. The first-order chi connectivity index (χ1) is 8.87. The zero-order valence-electron chi connectivity index (χ0n) is 11.8. The summed E-state index contributed by atoms with van der Waals surface area (Å²) in [5, 5.41) is 2.85. The molecule has 0 aliphatic heterocycles. The third kappa shape index (κ3) is 9.64. The van der Waals surface area contributed by atoms with Crippen molar-refractivity contribution in [1.29, 1.82) is 0 Å². The first-order valence-corrected chi connectivity index (χ1v) is 8.09. The van der Waals surface area contributed by atoms with E-state index in [1.165, 1.54) is 4.90 Å². The Kier molecular flexibility index (Phi) is 9.55. The molecule has 0 heterocycles. The number of hydrogen-bond donors (Lipinski definition) is 2.